The Bertz CT molecular complexity index is 1820. The first-order valence-corrected chi connectivity index (χ1v) is 16.1. The molecule has 0 bridgehead atoms. The van der Waals surface area contributed by atoms with Crippen molar-refractivity contribution < 1.29 is 18.1 Å². The molecule has 1 fully saturated rings. The third-order valence-electron chi connectivity index (χ3n) is 7.37. The number of ether oxygens (including phenoxy) is 1. The number of hydrogen-bond acceptors (Lipinski definition) is 8. The van der Waals surface area contributed by atoms with Crippen molar-refractivity contribution in [2.24, 2.45) is 10.1 Å². The van der Waals surface area contributed by atoms with E-state index < -0.39 is 14.9 Å². The molecule has 0 N–H and O–H groups in total. The van der Waals surface area contributed by atoms with Gasteiger partial charge in [0, 0.05) is 41.7 Å². The van der Waals surface area contributed by atoms with Crippen molar-refractivity contribution in [1.82, 2.24) is 8.98 Å². The van der Waals surface area contributed by atoms with E-state index in [4.69, 9.17) is 14.8 Å². The second-order valence-electron chi connectivity index (χ2n) is 10.1. The summed E-state index contributed by atoms with van der Waals surface area (Å²) in [5.74, 6) is 0. The fourth-order valence-electron chi connectivity index (χ4n) is 5.18. The summed E-state index contributed by atoms with van der Waals surface area (Å²) in [6.45, 7) is 1.41. The van der Waals surface area contributed by atoms with E-state index in [1.165, 1.54) is 33.3 Å². The van der Waals surface area contributed by atoms with Crippen LogP contribution in [0.2, 0.25) is 0 Å². The van der Waals surface area contributed by atoms with Gasteiger partial charge in [-0.1, -0.05) is 36.4 Å². The number of thiazole rings is 1. The standard InChI is InChI=1S/C30H29N5O5S2/c36-35(37)25-9-5-8-23(20-25)29-21-41-30(34(29)32-28-11-4-2-7-22-6-1-3-10-27(22)28)31-24-12-14-26(15-13-24)42(38,39)33-16-18-40-19-17-33/h1,3,5-6,8-10,12-15,20-21H,2,4,7,11,16-19H2. The molecule has 6 rings (SSSR count). The molecule has 1 saturated heterocycles. The summed E-state index contributed by atoms with van der Waals surface area (Å²) in [4.78, 5) is 16.7. The lowest BCUT2D eigenvalue weighted by atomic mass is 10.0. The first-order chi connectivity index (χ1) is 20.4. The summed E-state index contributed by atoms with van der Waals surface area (Å²) >= 11 is 1.37. The number of fused-ring (bicyclic) bond motifs is 1. The van der Waals surface area contributed by atoms with Gasteiger partial charge in [-0.25, -0.2) is 18.1 Å². The Morgan fingerprint density at radius 2 is 1.69 bits per heavy atom. The summed E-state index contributed by atoms with van der Waals surface area (Å²) in [7, 11) is -3.62. The molecule has 0 radical (unpaired) electrons. The number of nitrogens with zero attached hydrogens (tertiary/aromatic N) is 5. The third-order valence-corrected chi connectivity index (χ3v) is 10.1. The molecule has 0 spiro atoms. The van der Waals surface area contributed by atoms with E-state index in [1.54, 1.807) is 35.0 Å². The monoisotopic (exact) mass is 603 g/mol. The Hall–Kier alpha value is -3.97. The molecule has 4 aromatic rings. The topological polar surface area (TPSA) is 119 Å². The van der Waals surface area contributed by atoms with Crippen LogP contribution >= 0.6 is 11.3 Å². The first kappa shape index (κ1) is 28.2. The maximum atomic E-state index is 13.1. The van der Waals surface area contributed by atoms with E-state index in [1.807, 2.05) is 23.6 Å². The lowest BCUT2D eigenvalue weighted by Crippen LogP contribution is -2.40. The Labute approximate surface area is 247 Å². The van der Waals surface area contributed by atoms with Crippen LogP contribution in [-0.4, -0.2) is 54.3 Å². The number of rotatable bonds is 6. The average molecular weight is 604 g/mol. The van der Waals surface area contributed by atoms with E-state index in [2.05, 4.69) is 12.1 Å². The van der Waals surface area contributed by atoms with Gasteiger partial charge in [0.2, 0.25) is 14.8 Å². The molecule has 10 nitrogen and oxygen atoms in total. The zero-order chi connectivity index (χ0) is 29.1. The maximum absolute atomic E-state index is 13.1. The minimum absolute atomic E-state index is 0.00623. The van der Waals surface area contributed by atoms with Gasteiger partial charge in [-0.05, 0) is 55.5 Å². The van der Waals surface area contributed by atoms with Gasteiger partial charge in [-0.15, -0.1) is 11.3 Å². The molecule has 0 unspecified atom stereocenters. The molecule has 1 aromatic heterocycles. The third kappa shape index (κ3) is 5.84. The van der Waals surface area contributed by atoms with E-state index in [9.17, 15) is 18.5 Å². The molecule has 12 heteroatoms. The number of aromatic nitrogens is 1. The van der Waals surface area contributed by atoms with Crippen molar-refractivity contribution in [2.45, 2.75) is 30.6 Å². The zero-order valence-electron chi connectivity index (χ0n) is 22.8. The number of hydrogen-bond donors (Lipinski definition) is 0. The van der Waals surface area contributed by atoms with E-state index >= 15 is 0 Å². The van der Waals surface area contributed by atoms with Gasteiger partial charge in [0.15, 0.2) is 0 Å². The lowest BCUT2D eigenvalue weighted by molar-refractivity contribution is -0.384. The maximum Gasteiger partial charge on any atom is 0.270 e. The Morgan fingerprint density at radius 1 is 0.929 bits per heavy atom. The second kappa shape index (κ2) is 12.1. The van der Waals surface area contributed by atoms with Crippen molar-refractivity contribution in [3.63, 3.8) is 0 Å². The van der Waals surface area contributed by atoms with E-state index in [0.29, 0.717) is 48.0 Å². The second-order valence-corrected chi connectivity index (χ2v) is 12.8. The highest BCUT2D eigenvalue weighted by atomic mass is 32.2. The predicted molar refractivity (Wildman–Crippen MR) is 162 cm³/mol. The van der Waals surface area contributed by atoms with Gasteiger partial charge in [0.05, 0.1) is 40.1 Å². The summed E-state index contributed by atoms with van der Waals surface area (Å²) in [6.07, 6.45) is 3.84. The molecular formula is C30H29N5O5S2. The highest BCUT2D eigenvalue weighted by Gasteiger charge is 2.26. The van der Waals surface area contributed by atoms with Crippen LogP contribution in [0.5, 0.6) is 0 Å². The van der Waals surface area contributed by atoms with Gasteiger partial charge in [-0.2, -0.15) is 9.41 Å². The fourth-order valence-corrected chi connectivity index (χ4v) is 7.44. The van der Waals surface area contributed by atoms with Crippen molar-refractivity contribution >= 4 is 38.4 Å². The predicted octanol–water partition coefficient (Wildman–Crippen LogP) is 5.36. The number of benzene rings is 3. The van der Waals surface area contributed by atoms with Gasteiger partial charge in [-0.3, -0.25) is 10.1 Å². The number of morpholine rings is 1. The summed E-state index contributed by atoms with van der Waals surface area (Å²) < 4.78 is 34.6. The van der Waals surface area contributed by atoms with E-state index in [0.717, 1.165) is 37.0 Å². The summed E-state index contributed by atoms with van der Waals surface area (Å²) in [6, 6.07) is 21.2. The minimum Gasteiger partial charge on any atom is -0.379 e. The normalized spacial score (nSPS) is 17.6. The molecule has 1 aliphatic carbocycles. The van der Waals surface area contributed by atoms with Gasteiger partial charge in [0.1, 0.15) is 0 Å². The van der Waals surface area contributed by atoms with Crippen molar-refractivity contribution in [2.75, 3.05) is 26.3 Å². The van der Waals surface area contributed by atoms with Crippen LogP contribution in [0.1, 0.15) is 30.4 Å². The van der Waals surface area contributed by atoms with Crippen LogP contribution in [0.3, 0.4) is 0 Å². The molecule has 1 aliphatic heterocycles. The molecule has 2 aliphatic rings. The SMILES string of the molecule is O=[N+]([O-])c1cccc(-c2csc(=Nc3ccc(S(=O)(=O)N4CCOCC4)cc3)n2N=C2CCCCc3ccccc32)c1. The number of aryl methyl sites for hydroxylation is 1. The molecule has 0 saturated carbocycles. The smallest absolute Gasteiger partial charge is 0.270 e. The van der Waals surface area contributed by atoms with Crippen LogP contribution < -0.4 is 4.80 Å². The minimum atomic E-state index is -3.62. The Balaban J connectivity index is 1.45. The zero-order valence-corrected chi connectivity index (χ0v) is 24.4. The Morgan fingerprint density at radius 3 is 2.48 bits per heavy atom. The Kier molecular flexibility index (Phi) is 8.11. The molecule has 0 amide bonds. The molecular weight excluding hydrogens is 574 g/mol. The largest absolute Gasteiger partial charge is 0.379 e. The van der Waals surface area contributed by atoms with Gasteiger partial charge >= 0.3 is 0 Å². The highest BCUT2D eigenvalue weighted by Crippen LogP contribution is 2.27. The van der Waals surface area contributed by atoms with Gasteiger partial charge in [0.25, 0.3) is 5.69 Å². The molecule has 0 atom stereocenters. The summed E-state index contributed by atoms with van der Waals surface area (Å²) in [5, 5.41) is 18.5. The highest BCUT2D eigenvalue weighted by molar-refractivity contribution is 7.89. The average Bonchev–Trinajstić information content (AvgIpc) is 3.29. The van der Waals surface area contributed by atoms with Crippen molar-refractivity contribution in [1.29, 1.82) is 0 Å². The molecule has 2 heterocycles. The van der Waals surface area contributed by atoms with Crippen LogP contribution in [0, 0.1) is 10.1 Å². The molecule has 42 heavy (non-hydrogen) atoms. The molecule has 3 aromatic carbocycles. The quantitative estimate of drug-likeness (QED) is 0.167. The fraction of sp³-hybridized carbons (Fsp3) is 0.267. The number of non-ortho nitro benzene ring substituents is 1. The van der Waals surface area contributed by atoms with Crippen molar-refractivity contribution in [3.05, 3.63) is 104 Å². The van der Waals surface area contributed by atoms with E-state index in [-0.39, 0.29) is 10.6 Å². The van der Waals surface area contributed by atoms with Crippen LogP contribution in [0.25, 0.3) is 11.3 Å². The molecule has 216 valence electrons. The van der Waals surface area contributed by atoms with Gasteiger partial charge < -0.3 is 4.74 Å². The summed E-state index contributed by atoms with van der Waals surface area (Å²) in [5.41, 5.74) is 5.18. The first-order valence-electron chi connectivity index (χ1n) is 13.7. The van der Waals surface area contributed by atoms with Crippen LogP contribution in [-0.2, 0) is 21.2 Å². The number of sulfonamides is 1. The van der Waals surface area contributed by atoms with Crippen LogP contribution in [0.4, 0.5) is 11.4 Å². The van der Waals surface area contributed by atoms with Crippen molar-refractivity contribution in [3.8, 4) is 11.3 Å². The number of nitro groups is 1. The van der Waals surface area contributed by atoms with Crippen LogP contribution in [0.15, 0.2) is 93.2 Å². The number of nitro benzene ring substituents is 1. The lowest BCUT2D eigenvalue weighted by Gasteiger charge is -2.26.